The Balaban J connectivity index is 2.58. The number of hydrogen-bond donors (Lipinski definition) is 2. The molecule has 0 spiro atoms. The van der Waals surface area contributed by atoms with E-state index < -0.39 is 0 Å². The van der Waals surface area contributed by atoms with Gasteiger partial charge in [-0.25, -0.2) is 0 Å². The second kappa shape index (κ2) is 3.92. The standard InChI is InChI=1S/C12H11N3/c13-12(14)11-4-2-1-3-10(11)9-5-7-15-8-6-9/h1-8H,(H3,13,14). The van der Waals surface area contributed by atoms with E-state index in [9.17, 15) is 0 Å². The molecule has 0 bridgehead atoms. The van der Waals surface area contributed by atoms with Crippen LogP contribution in [0.25, 0.3) is 11.1 Å². The minimum atomic E-state index is 0.0856. The van der Waals surface area contributed by atoms with Crippen molar-refractivity contribution in [3.05, 3.63) is 54.4 Å². The molecule has 1 aromatic heterocycles. The summed E-state index contributed by atoms with van der Waals surface area (Å²) in [6.07, 6.45) is 3.46. The molecule has 74 valence electrons. The average molecular weight is 197 g/mol. The van der Waals surface area contributed by atoms with E-state index in [0.717, 1.165) is 16.7 Å². The Morgan fingerprint density at radius 2 is 1.73 bits per heavy atom. The van der Waals surface area contributed by atoms with Crippen LogP contribution in [-0.2, 0) is 0 Å². The summed E-state index contributed by atoms with van der Waals surface area (Å²) in [6.45, 7) is 0. The van der Waals surface area contributed by atoms with Gasteiger partial charge in [-0.15, -0.1) is 0 Å². The SMILES string of the molecule is N=C(N)c1ccccc1-c1ccncc1. The minimum absolute atomic E-state index is 0.0856. The van der Waals surface area contributed by atoms with Crippen molar-refractivity contribution in [2.24, 2.45) is 5.73 Å². The van der Waals surface area contributed by atoms with E-state index in [1.807, 2.05) is 36.4 Å². The summed E-state index contributed by atoms with van der Waals surface area (Å²) in [5, 5.41) is 7.49. The Kier molecular flexibility index (Phi) is 2.46. The molecular formula is C12H11N3. The van der Waals surface area contributed by atoms with Gasteiger partial charge in [0.25, 0.3) is 0 Å². The molecule has 2 aromatic rings. The largest absolute Gasteiger partial charge is 0.384 e. The molecular weight excluding hydrogens is 186 g/mol. The zero-order valence-electron chi connectivity index (χ0n) is 8.14. The Morgan fingerprint density at radius 3 is 2.40 bits per heavy atom. The summed E-state index contributed by atoms with van der Waals surface area (Å²) < 4.78 is 0. The van der Waals surface area contributed by atoms with Gasteiger partial charge in [0.15, 0.2) is 0 Å². The number of rotatable bonds is 2. The smallest absolute Gasteiger partial charge is 0.123 e. The van der Waals surface area contributed by atoms with E-state index in [4.69, 9.17) is 11.1 Å². The van der Waals surface area contributed by atoms with Crippen molar-refractivity contribution >= 4 is 5.84 Å². The number of hydrogen-bond acceptors (Lipinski definition) is 2. The zero-order chi connectivity index (χ0) is 10.7. The van der Waals surface area contributed by atoms with Gasteiger partial charge in [-0.2, -0.15) is 0 Å². The van der Waals surface area contributed by atoms with Crippen LogP contribution in [0.2, 0.25) is 0 Å². The van der Waals surface area contributed by atoms with Crippen LogP contribution in [0.1, 0.15) is 5.56 Å². The molecule has 0 atom stereocenters. The molecule has 3 N–H and O–H groups in total. The molecule has 0 unspecified atom stereocenters. The highest BCUT2D eigenvalue weighted by atomic mass is 14.7. The molecule has 0 fully saturated rings. The topological polar surface area (TPSA) is 62.8 Å². The van der Waals surface area contributed by atoms with Gasteiger partial charge in [-0.3, -0.25) is 10.4 Å². The fourth-order valence-electron chi connectivity index (χ4n) is 1.50. The molecule has 3 nitrogen and oxygen atoms in total. The third-order valence-electron chi connectivity index (χ3n) is 2.21. The Hall–Kier alpha value is -2.16. The van der Waals surface area contributed by atoms with Crippen molar-refractivity contribution in [2.45, 2.75) is 0 Å². The number of amidine groups is 1. The highest BCUT2D eigenvalue weighted by Gasteiger charge is 2.05. The van der Waals surface area contributed by atoms with Crippen molar-refractivity contribution in [3.8, 4) is 11.1 Å². The molecule has 0 saturated heterocycles. The number of nitrogens with zero attached hydrogens (tertiary/aromatic N) is 1. The number of aromatic nitrogens is 1. The quantitative estimate of drug-likeness (QED) is 0.571. The molecule has 2 rings (SSSR count). The van der Waals surface area contributed by atoms with E-state index in [1.165, 1.54) is 0 Å². The fourth-order valence-corrected chi connectivity index (χ4v) is 1.50. The lowest BCUT2D eigenvalue weighted by Gasteiger charge is -2.07. The summed E-state index contributed by atoms with van der Waals surface area (Å²) >= 11 is 0. The lowest BCUT2D eigenvalue weighted by Crippen LogP contribution is -2.12. The van der Waals surface area contributed by atoms with Crippen LogP contribution in [-0.4, -0.2) is 10.8 Å². The van der Waals surface area contributed by atoms with Crippen molar-refractivity contribution < 1.29 is 0 Å². The first-order chi connectivity index (χ1) is 7.29. The maximum Gasteiger partial charge on any atom is 0.123 e. The maximum absolute atomic E-state index is 7.49. The third kappa shape index (κ3) is 1.86. The number of nitrogens with one attached hydrogen (secondary N) is 1. The first-order valence-corrected chi connectivity index (χ1v) is 4.63. The number of nitrogens with two attached hydrogens (primary N) is 1. The first-order valence-electron chi connectivity index (χ1n) is 4.63. The molecule has 0 aliphatic rings. The molecule has 0 radical (unpaired) electrons. The van der Waals surface area contributed by atoms with Gasteiger partial charge in [-0.05, 0) is 23.3 Å². The minimum Gasteiger partial charge on any atom is -0.384 e. The van der Waals surface area contributed by atoms with Crippen molar-refractivity contribution in [3.63, 3.8) is 0 Å². The summed E-state index contributed by atoms with van der Waals surface area (Å²) in [5.41, 5.74) is 8.26. The zero-order valence-corrected chi connectivity index (χ0v) is 8.14. The Labute approximate surface area is 88.1 Å². The van der Waals surface area contributed by atoms with Gasteiger partial charge < -0.3 is 5.73 Å². The van der Waals surface area contributed by atoms with Crippen LogP contribution >= 0.6 is 0 Å². The maximum atomic E-state index is 7.49. The lowest BCUT2D eigenvalue weighted by molar-refractivity contribution is 1.33. The van der Waals surface area contributed by atoms with Crippen LogP contribution in [0.4, 0.5) is 0 Å². The van der Waals surface area contributed by atoms with Crippen molar-refractivity contribution in [2.75, 3.05) is 0 Å². The van der Waals surface area contributed by atoms with Gasteiger partial charge in [-0.1, -0.05) is 24.3 Å². The van der Waals surface area contributed by atoms with Gasteiger partial charge in [0.2, 0.25) is 0 Å². The summed E-state index contributed by atoms with van der Waals surface area (Å²) in [4.78, 5) is 3.96. The van der Waals surface area contributed by atoms with Gasteiger partial charge >= 0.3 is 0 Å². The van der Waals surface area contributed by atoms with Gasteiger partial charge in [0, 0.05) is 18.0 Å². The van der Waals surface area contributed by atoms with Crippen molar-refractivity contribution in [1.29, 1.82) is 5.41 Å². The van der Waals surface area contributed by atoms with Crippen LogP contribution in [0.15, 0.2) is 48.8 Å². The molecule has 1 aromatic carbocycles. The second-order valence-electron chi connectivity index (χ2n) is 3.20. The van der Waals surface area contributed by atoms with Crippen LogP contribution in [0.3, 0.4) is 0 Å². The monoisotopic (exact) mass is 197 g/mol. The second-order valence-corrected chi connectivity index (χ2v) is 3.20. The highest BCUT2D eigenvalue weighted by molar-refractivity contribution is 6.01. The molecule has 0 aliphatic heterocycles. The van der Waals surface area contributed by atoms with E-state index >= 15 is 0 Å². The van der Waals surface area contributed by atoms with E-state index in [1.54, 1.807) is 12.4 Å². The molecule has 0 saturated carbocycles. The predicted molar refractivity (Wildman–Crippen MR) is 60.7 cm³/mol. The normalized spacial score (nSPS) is 9.87. The van der Waals surface area contributed by atoms with E-state index in [0.29, 0.717) is 0 Å². The molecule has 15 heavy (non-hydrogen) atoms. The Bertz CT molecular complexity index is 477. The summed E-state index contributed by atoms with van der Waals surface area (Å²) in [6, 6.07) is 11.4. The summed E-state index contributed by atoms with van der Waals surface area (Å²) in [7, 11) is 0. The molecule has 0 aliphatic carbocycles. The van der Waals surface area contributed by atoms with Crippen LogP contribution in [0.5, 0.6) is 0 Å². The third-order valence-corrected chi connectivity index (χ3v) is 2.21. The van der Waals surface area contributed by atoms with E-state index in [-0.39, 0.29) is 5.84 Å². The molecule has 0 amide bonds. The number of benzene rings is 1. The fraction of sp³-hybridized carbons (Fsp3) is 0. The molecule has 3 heteroatoms. The number of nitrogen functional groups attached to an aromatic ring is 1. The van der Waals surface area contributed by atoms with Gasteiger partial charge in [0.1, 0.15) is 5.84 Å². The lowest BCUT2D eigenvalue weighted by atomic mass is 10.0. The molecule has 1 heterocycles. The summed E-state index contributed by atoms with van der Waals surface area (Å²) in [5.74, 6) is 0.0856. The predicted octanol–water partition coefficient (Wildman–Crippen LogP) is 2.03. The van der Waals surface area contributed by atoms with E-state index in [2.05, 4.69) is 4.98 Å². The average Bonchev–Trinajstić information content (AvgIpc) is 2.30. The highest BCUT2D eigenvalue weighted by Crippen LogP contribution is 2.22. The Morgan fingerprint density at radius 1 is 1.07 bits per heavy atom. The van der Waals surface area contributed by atoms with Crippen molar-refractivity contribution in [1.82, 2.24) is 4.98 Å². The van der Waals surface area contributed by atoms with Crippen LogP contribution < -0.4 is 5.73 Å². The van der Waals surface area contributed by atoms with Gasteiger partial charge in [0.05, 0.1) is 0 Å². The number of pyridine rings is 1. The first kappa shape index (κ1) is 9.40. The van der Waals surface area contributed by atoms with Crippen LogP contribution in [0, 0.1) is 5.41 Å².